The van der Waals surface area contributed by atoms with Crippen LogP contribution in [0.2, 0.25) is 0 Å². The molecule has 1 heterocycles. The maximum absolute atomic E-state index is 11.4. The van der Waals surface area contributed by atoms with Gasteiger partial charge >= 0.3 is 12.1 Å². The first-order valence-corrected chi connectivity index (χ1v) is 6.31. The van der Waals surface area contributed by atoms with Crippen molar-refractivity contribution in [3.8, 4) is 0 Å². The van der Waals surface area contributed by atoms with Gasteiger partial charge in [-0.25, -0.2) is 14.6 Å². The molecule has 0 aromatic carbocycles. The molecule has 20 heavy (non-hydrogen) atoms. The number of esters is 1. The molecule has 0 bridgehead atoms. The fourth-order valence-electron chi connectivity index (χ4n) is 1.37. The highest BCUT2D eigenvalue weighted by Gasteiger charge is 2.16. The fourth-order valence-corrected chi connectivity index (χ4v) is 1.37. The summed E-state index contributed by atoms with van der Waals surface area (Å²) in [7, 11) is 1.28. The van der Waals surface area contributed by atoms with E-state index in [1.807, 2.05) is 0 Å². The molecule has 1 aromatic rings. The van der Waals surface area contributed by atoms with Crippen molar-refractivity contribution in [1.29, 1.82) is 0 Å². The number of nitrogens with one attached hydrogen (secondary N) is 1. The van der Waals surface area contributed by atoms with Crippen molar-refractivity contribution in [3.05, 3.63) is 17.8 Å². The predicted molar refractivity (Wildman–Crippen MR) is 70.4 cm³/mol. The lowest BCUT2D eigenvalue weighted by Gasteiger charge is -2.19. The zero-order valence-electron chi connectivity index (χ0n) is 12.2. The molecule has 1 aromatic heterocycles. The topological polar surface area (TPSA) is 90.7 Å². The van der Waals surface area contributed by atoms with Gasteiger partial charge < -0.3 is 19.2 Å². The summed E-state index contributed by atoms with van der Waals surface area (Å²) in [5.74, 6) is -0.108. The maximum atomic E-state index is 11.4. The average Bonchev–Trinajstić information content (AvgIpc) is 2.80. The van der Waals surface area contributed by atoms with E-state index in [2.05, 4.69) is 15.0 Å². The first-order valence-electron chi connectivity index (χ1n) is 6.31. The van der Waals surface area contributed by atoms with E-state index < -0.39 is 17.7 Å². The quantitative estimate of drug-likeness (QED) is 0.656. The molecule has 0 saturated heterocycles. The zero-order chi connectivity index (χ0) is 15.2. The Morgan fingerprint density at radius 1 is 1.40 bits per heavy atom. The lowest BCUT2D eigenvalue weighted by Crippen LogP contribution is -2.33. The molecular formula is C13H20N2O5. The summed E-state index contributed by atoms with van der Waals surface area (Å²) in [4.78, 5) is 26.5. The molecule has 112 valence electrons. The molecule has 7 nitrogen and oxygen atoms in total. The van der Waals surface area contributed by atoms with Gasteiger partial charge in [-0.05, 0) is 27.2 Å². The highest BCUT2D eigenvalue weighted by Crippen LogP contribution is 2.07. The van der Waals surface area contributed by atoms with Crippen molar-refractivity contribution in [1.82, 2.24) is 10.3 Å². The molecule has 0 radical (unpaired) electrons. The number of hydrogen-bond donors (Lipinski definition) is 1. The van der Waals surface area contributed by atoms with Gasteiger partial charge in [0.1, 0.15) is 11.9 Å². The van der Waals surface area contributed by atoms with Crippen molar-refractivity contribution < 1.29 is 23.5 Å². The molecule has 0 atom stereocenters. The number of amides is 1. The highest BCUT2D eigenvalue weighted by atomic mass is 16.6. The Bertz CT molecular complexity index is 462. The van der Waals surface area contributed by atoms with Gasteiger partial charge in [0.15, 0.2) is 11.6 Å². The van der Waals surface area contributed by atoms with E-state index in [4.69, 9.17) is 9.15 Å². The Balaban J connectivity index is 2.26. The van der Waals surface area contributed by atoms with Crippen molar-refractivity contribution in [2.45, 2.75) is 39.2 Å². The molecule has 0 aliphatic rings. The molecule has 0 spiro atoms. The Morgan fingerprint density at radius 2 is 2.10 bits per heavy atom. The summed E-state index contributed by atoms with van der Waals surface area (Å²) in [6, 6.07) is 0. The van der Waals surface area contributed by atoms with Crippen LogP contribution in [0.3, 0.4) is 0 Å². The van der Waals surface area contributed by atoms with Crippen LogP contribution < -0.4 is 5.32 Å². The largest absolute Gasteiger partial charge is 0.464 e. The van der Waals surface area contributed by atoms with Crippen LogP contribution in [-0.4, -0.2) is 36.3 Å². The summed E-state index contributed by atoms with van der Waals surface area (Å²) in [6.45, 7) is 5.83. The minimum absolute atomic E-state index is 0.141. The van der Waals surface area contributed by atoms with Crippen LogP contribution in [0.25, 0.3) is 0 Å². The summed E-state index contributed by atoms with van der Waals surface area (Å²) >= 11 is 0. The van der Waals surface area contributed by atoms with Gasteiger partial charge in [-0.2, -0.15) is 0 Å². The molecule has 0 fully saturated rings. The number of aromatic nitrogens is 1. The van der Waals surface area contributed by atoms with Gasteiger partial charge in [0.05, 0.1) is 7.11 Å². The number of alkyl carbamates (subject to hydrolysis) is 1. The normalized spacial score (nSPS) is 11.0. The molecule has 1 amide bonds. The van der Waals surface area contributed by atoms with E-state index in [1.165, 1.54) is 13.4 Å². The standard InChI is InChI=1S/C13H20N2O5/c1-13(2,3)20-12(17)14-7-5-6-10-15-9(8-19-10)11(16)18-4/h8H,5-7H2,1-4H3,(H,14,17). The maximum Gasteiger partial charge on any atom is 0.407 e. The van der Waals surface area contributed by atoms with Gasteiger partial charge in [0.25, 0.3) is 0 Å². The molecule has 0 saturated carbocycles. The minimum Gasteiger partial charge on any atom is -0.464 e. The number of rotatable bonds is 5. The first kappa shape index (κ1) is 16.0. The number of hydrogen-bond acceptors (Lipinski definition) is 6. The lowest BCUT2D eigenvalue weighted by atomic mass is 10.2. The van der Waals surface area contributed by atoms with Gasteiger partial charge in [0.2, 0.25) is 0 Å². The van der Waals surface area contributed by atoms with E-state index in [0.717, 1.165) is 0 Å². The number of ether oxygens (including phenoxy) is 2. The van der Waals surface area contributed by atoms with E-state index >= 15 is 0 Å². The third-order valence-electron chi connectivity index (χ3n) is 2.18. The number of aryl methyl sites for hydroxylation is 1. The fraction of sp³-hybridized carbons (Fsp3) is 0.615. The van der Waals surface area contributed by atoms with Gasteiger partial charge in [-0.3, -0.25) is 0 Å². The van der Waals surface area contributed by atoms with E-state index in [9.17, 15) is 9.59 Å². The predicted octanol–water partition coefficient (Wildman–Crippen LogP) is 1.92. The van der Waals surface area contributed by atoms with E-state index in [-0.39, 0.29) is 5.69 Å². The van der Waals surface area contributed by atoms with Gasteiger partial charge in [-0.1, -0.05) is 0 Å². The van der Waals surface area contributed by atoms with Crippen molar-refractivity contribution in [2.24, 2.45) is 0 Å². The van der Waals surface area contributed by atoms with Crippen LogP contribution >= 0.6 is 0 Å². The number of oxazole rings is 1. The summed E-state index contributed by atoms with van der Waals surface area (Å²) in [5, 5.41) is 2.63. The smallest absolute Gasteiger partial charge is 0.407 e. The second-order valence-electron chi connectivity index (χ2n) is 5.15. The van der Waals surface area contributed by atoms with Crippen molar-refractivity contribution >= 4 is 12.1 Å². The number of carbonyl (C=O) groups is 2. The molecular weight excluding hydrogens is 264 g/mol. The third kappa shape index (κ3) is 5.73. The minimum atomic E-state index is -0.535. The van der Waals surface area contributed by atoms with Crippen LogP contribution in [0.5, 0.6) is 0 Å². The molecule has 7 heteroatoms. The van der Waals surface area contributed by atoms with Crippen LogP contribution in [-0.2, 0) is 15.9 Å². The zero-order valence-corrected chi connectivity index (χ0v) is 12.2. The average molecular weight is 284 g/mol. The van der Waals surface area contributed by atoms with Gasteiger partial charge in [-0.15, -0.1) is 0 Å². The number of carbonyl (C=O) groups excluding carboxylic acids is 2. The Morgan fingerprint density at radius 3 is 2.70 bits per heavy atom. The number of nitrogens with zero attached hydrogens (tertiary/aromatic N) is 1. The Kier molecular flexibility index (Phi) is 5.54. The second kappa shape index (κ2) is 6.93. The van der Waals surface area contributed by atoms with Crippen molar-refractivity contribution in [2.75, 3.05) is 13.7 Å². The molecule has 0 aliphatic carbocycles. The first-order chi connectivity index (χ1) is 9.31. The van der Waals surface area contributed by atoms with Gasteiger partial charge in [0, 0.05) is 13.0 Å². The van der Waals surface area contributed by atoms with Crippen LogP contribution in [0.1, 0.15) is 43.6 Å². The summed E-state index contributed by atoms with van der Waals surface area (Å²) in [5.41, 5.74) is -0.371. The summed E-state index contributed by atoms with van der Waals surface area (Å²) in [6.07, 6.45) is 1.93. The van der Waals surface area contributed by atoms with Crippen molar-refractivity contribution in [3.63, 3.8) is 0 Å². The summed E-state index contributed by atoms with van der Waals surface area (Å²) < 4.78 is 14.7. The Labute approximate surface area is 117 Å². The van der Waals surface area contributed by atoms with Crippen LogP contribution in [0, 0.1) is 0 Å². The van der Waals surface area contributed by atoms with E-state index in [0.29, 0.717) is 25.3 Å². The lowest BCUT2D eigenvalue weighted by molar-refractivity contribution is 0.0525. The molecule has 1 N–H and O–H groups in total. The van der Waals surface area contributed by atoms with E-state index in [1.54, 1.807) is 20.8 Å². The van der Waals surface area contributed by atoms with Crippen LogP contribution in [0.15, 0.2) is 10.7 Å². The SMILES string of the molecule is COC(=O)c1coc(CCCNC(=O)OC(C)(C)C)n1. The van der Waals surface area contributed by atoms with Crippen LogP contribution in [0.4, 0.5) is 4.79 Å². The molecule has 0 aliphatic heterocycles. The second-order valence-corrected chi connectivity index (χ2v) is 5.15. The highest BCUT2D eigenvalue weighted by molar-refractivity contribution is 5.86. The Hall–Kier alpha value is -2.05. The number of methoxy groups -OCH3 is 1. The molecule has 1 rings (SSSR count). The third-order valence-corrected chi connectivity index (χ3v) is 2.18. The monoisotopic (exact) mass is 284 g/mol. The molecule has 0 unspecified atom stereocenters.